The van der Waals surface area contributed by atoms with E-state index in [1.165, 1.54) is 24.8 Å². The molecule has 0 radical (unpaired) electrons. The zero-order valence-corrected chi connectivity index (χ0v) is 11.9. The lowest BCUT2D eigenvalue weighted by Crippen LogP contribution is -2.43. The molecule has 20 heavy (non-hydrogen) atoms. The zero-order valence-electron chi connectivity index (χ0n) is 11.9. The maximum atomic E-state index is 6.43. The van der Waals surface area contributed by atoms with Crippen molar-refractivity contribution >= 4 is 0 Å². The highest BCUT2D eigenvalue weighted by Crippen LogP contribution is 2.29. The summed E-state index contributed by atoms with van der Waals surface area (Å²) in [6.07, 6.45) is 6.48. The van der Waals surface area contributed by atoms with Crippen molar-refractivity contribution in [1.29, 1.82) is 0 Å². The van der Waals surface area contributed by atoms with E-state index in [1.54, 1.807) is 0 Å². The van der Waals surface area contributed by atoms with Crippen LogP contribution < -0.4 is 5.73 Å². The van der Waals surface area contributed by atoms with E-state index < -0.39 is 0 Å². The number of nitrogens with zero attached hydrogens (tertiary/aromatic N) is 2. The van der Waals surface area contributed by atoms with Crippen molar-refractivity contribution < 1.29 is 4.52 Å². The lowest BCUT2D eigenvalue weighted by molar-refractivity contribution is 0.261. The van der Waals surface area contributed by atoms with Crippen LogP contribution in [0, 0.1) is 6.92 Å². The first-order chi connectivity index (χ1) is 9.65. The molecule has 4 heteroatoms. The first-order valence-electron chi connectivity index (χ1n) is 7.33. The normalized spacial score (nSPS) is 18.1. The number of aryl methyl sites for hydroxylation is 1. The van der Waals surface area contributed by atoms with Crippen molar-refractivity contribution in [3.63, 3.8) is 0 Å². The van der Waals surface area contributed by atoms with E-state index in [9.17, 15) is 0 Å². The lowest BCUT2D eigenvalue weighted by Gasteiger charge is -2.31. The van der Waals surface area contributed by atoms with Gasteiger partial charge in [-0.15, -0.1) is 0 Å². The van der Waals surface area contributed by atoms with Gasteiger partial charge in [0.05, 0.1) is 0 Å². The van der Waals surface area contributed by atoms with Gasteiger partial charge in [0.1, 0.15) is 0 Å². The molecule has 2 aromatic rings. The number of aromatic nitrogens is 2. The topological polar surface area (TPSA) is 64.9 Å². The van der Waals surface area contributed by atoms with Crippen LogP contribution in [0.5, 0.6) is 0 Å². The predicted molar refractivity (Wildman–Crippen MR) is 78.2 cm³/mol. The molecular weight excluding hydrogens is 250 g/mol. The van der Waals surface area contributed by atoms with Gasteiger partial charge < -0.3 is 10.3 Å². The number of hydrogen-bond donors (Lipinski definition) is 1. The van der Waals surface area contributed by atoms with Gasteiger partial charge in [-0.2, -0.15) is 4.98 Å². The van der Waals surface area contributed by atoms with Crippen molar-refractivity contribution in [2.45, 2.75) is 51.0 Å². The Labute approximate surface area is 119 Å². The van der Waals surface area contributed by atoms with Crippen LogP contribution in [-0.4, -0.2) is 15.7 Å². The number of hydrogen-bond acceptors (Lipinski definition) is 4. The fourth-order valence-corrected chi connectivity index (χ4v) is 2.88. The van der Waals surface area contributed by atoms with Crippen molar-refractivity contribution in [1.82, 2.24) is 10.1 Å². The molecule has 0 atom stereocenters. The van der Waals surface area contributed by atoms with Gasteiger partial charge in [0.2, 0.25) is 11.7 Å². The molecule has 1 aliphatic carbocycles. The molecule has 0 bridgehead atoms. The van der Waals surface area contributed by atoms with Crippen molar-refractivity contribution in [2.75, 3.05) is 0 Å². The van der Waals surface area contributed by atoms with Gasteiger partial charge in [-0.05, 0) is 19.8 Å². The summed E-state index contributed by atoms with van der Waals surface area (Å²) in [4.78, 5) is 4.49. The summed E-state index contributed by atoms with van der Waals surface area (Å²) in [7, 11) is 0. The van der Waals surface area contributed by atoms with E-state index >= 15 is 0 Å². The second-order valence-electron chi connectivity index (χ2n) is 5.98. The van der Waals surface area contributed by atoms with E-state index in [-0.39, 0.29) is 5.54 Å². The first-order valence-corrected chi connectivity index (χ1v) is 7.33. The maximum absolute atomic E-state index is 6.43. The first kappa shape index (κ1) is 13.3. The molecule has 3 rings (SSSR count). The molecule has 4 nitrogen and oxygen atoms in total. The van der Waals surface area contributed by atoms with Crippen LogP contribution in [0.4, 0.5) is 0 Å². The molecule has 1 fully saturated rings. The van der Waals surface area contributed by atoms with Gasteiger partial charge in [-0.25, -0.2) is 0 Å². The average molecular weight is 271 g/mol. The van der Waals surface area contributed by atoms with Crippen LogP contribution >= 0.6 is 0 Å². The van der Waals surface area contributed by atoms with Crippen LogP contribution in [-0.2, 0) is 6.42 Å². The Morgan fingerprint density at radius 2 is 1.85 bits per heavy atom. The Kier molecular flexibility index (Phi) is 3.57. The fraction of sp³-hybridized carbons (Fsp3) is 0.500. The number of rotatable bonds is 3. The summed E-state index contributed by atoms with van der Waals surface area (Å²) in [5.74, 6) is 1.31. The molecule has 0 aliphatic heterocycles. The summed E-state index contributed by atoms with van der Waals surface area (Å²) in [5.41, 5.74) is 8.48. The third kappa shape index (κ3) is 2.90. The maximum Gasteiger partial charge on any atom is 0.228 e. The summed E-state index contributed by atoms with van der Waals surface area (Å²) < 4.78 is 5.38. The van der Waals surface area contributed by atoms with E-state index in [0.717, 1.165) is 18.4 Å². The molecule has 0 unspecified atom stereocenters. The number of nitrogens with two attached hydrogens (primary N) is 1. The zero-order chi connectivity index (χ0) is 14.0. The van der Waals surface area contributed by atoms with Crippen LogP contribution in [0.25, 0.3) is 11.4 Å². The van der Waals surface area contributed by atoms with Gasteiger partial charge in [-0.3, -0.25) is 0 Å². The van der Waals surface area contributed by atoms with E-state index in [2.05, 4.69) is 29.2 Å². The minimum atomic E-state index is -0.157. The highest BCUT2D eigenvalue weighted by atomic mass is 16.5. The molecule has 1 heterocycles. The molecule has 1 aromatic carbocycles. The summed E-state index contributed by atoms with van der Waals surface area (Å²) >= 11 is 0. The highest BCUT2D eigenvalue weighted by molar-refractivity contribution is 5.54. The molecule has 0 spiro atoms. The second kappa shape index (κ2) is 5.37. The lowest BCUT2D eigenvalue weighted by atomic mass is 9.80. The highest BCUT2D eigenvalue weighted by Gasteiger charge is 2.30. The Bertz CT molecular complexity index is 568. The standard InChI is InChI=1S/C16H21N3O/c1-12-5-7-13(8-6-12)15-18-14(20-19-15)11-16(17)9-3-2-4-10-16/h5-8H,2-4,9-11,17H2,1H3. The quantitative estimate of drug-likeness (QED) is 0.930. The smallest absolute Gasteiger partial charge is 0.228 e. The third-order valence-corrected chi connectivity index (χ3v) is 4.13. The summed E-state index contributed by atoms with van der Waals surface area (Å²) in [6, 6.07) is 8.14. The van der Waals surface area contributed by atoms with Gasteiger partial charge >= 0.3 is 0 Å². The average Bonchev–Trinajstić information content (AvgIpc) is 2.88. The Morgan fingerprint density at radius 1 is 1.15 bits per heavy atom. The van der Waals surface area contributed by atoms with E-state index in [1.807, 2.05) is 12.1 Å². The second-order valence-corrected chi connectivity index (χ2v) is 5.98. The SMILES string of the molecule is Cc1ccc(-c2noc(CC3(N)CCCCC3)n2)cc1. The minimum absolute atomic E-state index is 0.157. The van der Waals surface area contributed by atoms with Gasteiger partial charge in [0.25, 0.3) is 0 Å². The van der Waals surface area contributed by atoms with E-state index in [4.69, 9.17) is 10.3 Å². The van der Waals surface area contributed by atoms with Gasteiger partial charge in [0, 0.05) is 17.5 Å². The van der Waals surface area contributed by atoms with Crippen molar-refractivity contribution in [3.8, 4) is 11.4 Å². The van der Waals surface area contributed by atoms with Crippen LogP contribution in [0.3, 0.4) is 0 Å². The molecule has 1 aliphatic rings. The van der Waals surface area contributed by atoms with Gasteiger partial charge in [0.15, 0.2) is 0 Å². The third-order valence-electron chi connectivity index (χ3n) is 4.13. The molecule has 0 amide bonds. The van der Waals surface area contributed by atoms with Crippen LogP contribution in [0.1, 0.15) is 43.6 Å². The Balaban J connectivity index is 1.75. The van der Waals surface area contributed by atoms with Crippen molar-refractivity contribution in [2.24, 2.45) is 5.73 Å². The predicted octanol–water partition coefficient (Wildman–Crippen LogP) is 3.25. The molecule has 0 saturated heterocycles. The van der Waals surface area contributed by atoms with Crippen LogP contribution in [0.2, 0.25) is 0 Å². The van der Waals surface area contributed by atoms with Crippen molar-refractivity contribution in [3.05, 3.63) is 35.7 Å². The van der Waals surface area contributed by atoms with E-state index in [0.29, 0.717) is 18.1 Å². The Hall–Kier alpha value is -1.68. The molecule has 1 aromatic heterocycles. The summed E-state index contributed by atoms with van der Waals surface area (Å²) in [6.45, 7) is 2.06. The summed E-state index contributed by atoms with van der Waals surface area (Å²) in [5, 5.41) is 4.07. The fourth-order valence-electron chi connectivity index (χ4n) is 2.88. The largest absolute Gasteiger partial charge is 0.339 e. The monoisotopic (exact) mass is 271 g/mol. The van der Waals surface area contributed by atoms with Crippen LogP contribution in [0.15, 0.2) is 28.8 Å². The molecular formula is C16H21N3O. The molecule has 106 valence electrons. The molecule has 1 saturated carbocycles. The number of benzene rings is 1. The van der Waals surface area contributed by atoms with Gasteiger partial charge in [-0.1, -0.05) is 54.2 Å². The molecule has 2 N–H and O–H groups in total. The Morgan fingerprint density at radius 3 is 2.55 bits per heavy atom. The minimum Gasteiger partial charge on any atom is -0.339 e.